The number of rotatable bonds is 1. The molecule has 0 bridgehead atoms. The summed E-state index contributed by atoms with van der Waals surface area (Å²) in [7, 11) is 5.79. The van der Waals surface area contributed by atoms with E-state index >= 15 is 0 Å². The molecule has 16 heavy (non-hydrogen) atoms. The van der Waals surface area contributed by atoms with Gasteiger partial charge in [-0.2, -0.15) is 0 Å². The summed E-state index contributed by atoms with van der Waals surface area (Å²) in [4.78, 5) is 15.4. The third kappa shape index (κ3) is 1.65. The molecule has 1 heterocycles. The zero-order valence-electron chi connectivity index (χ0n) is 9.77. The van der Waals surface area contributed by atoms with Crippen molar-refractivity contribution in [3.63, 3.8) is 0 Å². The second kappa shape index (κ2) is 3.79. The number of anilines is 2. The standard InChI is InChI=1S/C12H16N2O2/c1-13(2)8-4-5-9-10(6-8)14(3)7-11(15)12(9)16/h4-6,12,16H,7H2,1-3H3. The van der Waals surface area contributed by atoms with Crippen LogP contribution in [0.4, 0.5) is 11.4 Å². The first kappa shape index (κ1) is 11.0. The molecule has 0 aliphatic carbocycles. The molecule has 4 nitrogen and oxygen atoms in total. The molecule has 86 valence electrons. The molecule has 0 aromatic heterocycles. The molecule has 0 saturated heterocycles. The first-order valence-corrected chi connectivity index (χ1v) is 5.24. The van der Waals surface area contributed by atoms with Gasteiger partial charge >= 0.3 is 0 Å². The van der Waals surface area contributed by atoms with E-state index in [0.717, 1.165) is 11.4 Å². The van der Waals surface area contributed by atoms with Crippen LogP contribution in [0.25, 0.3) is 0 Å². The van der Waals surface area contributed by atoms with Gasteiger partial charge in [-0.3, -0.25) is 4.79 Å². The van der Waals surface area contributed by atoms with Crippen LogP contribution in [0.1, 0.15) is 11.7 Å². The van der Waals surface area contributed by atoms with E-state index in [1.807, 2.05) is 49.1 Å². The number of benzene rings is 1. The van der Waals surface area contributed by atoms with Gasteiger partial charge in [-0.25, -0.2) is 0 Å². The molecule has 1 unspecified atom stereocenters. The number of likely N-dealkylation sites (N-methyl/N-ethyl adjacent to an activating group) is 1. The van der Waals surface area contributed by atoms with Crippen LogP contribution < -0.4 is 9.80 Å². The lowest BCUT2D eigenvalue weighted by Gasteiger charge is -2.30. The van der Waals surface area contributed by atoms with E-state index in [-0.39, 0.29) is 12.3 Å². The van der Waals surface area contributed by atoms with Gasteiger partial charge in [0.05, 0.1) is 6.54 Å². The molecule has 0 spiro atoms. The summed E-state index contributed by atoms with van der Waals surface area (Å²) in [5.41, 5.74) is 2.69. The number of ketones is 1. The summed E-state index contributed by atoms with van der Waals surface area (Å²) >= 11 is 0. The Morgan fingerprint density at radius 2 is 2.12 bits per heavy atom. The third-order valence-electron chi connectivity index (χ3n) is 2.93. The lowest BCUT2D eigenvalue weighted by Crippen LogP contribution is -2.35. The highest BCUT2D eigenvalue weighted by molar-refractivity contribution is 5.93. The maximum Gasteiger partial charge on any atom is 0.185 e. The number of hydrogen-bond donors (Lipinski definition) is 1. The fourth-order valence-corrected chi connectivity index (χ4v) is 1.95. The van der Waals surface area contributed by atoms with Crippen molar-refractivity contribution >= 4 is 17.2 Å². The lowest BCUT2D eigenvalue weighted by atomic mass is 9.97. The van der Waals surface area contributed by atoms with Crippen molar-refractivity contribution < 1.29 is 9.90 Å². The number of fused-ring (bicyclic) bond motifs is 1. The normalized spacial score (nSPS) is 19.6. The van der Waals surface area contributed by atoms with E-state index in [2.05, 4.69) is 0 Å². The Bertz CT molecular complexity index is 429. The second-order valence-electron chi connectivity index (χ2n) is 4.36. The number of hydrogen-bond acceptors (Lipinski definition) is 4. The van der Waals surface area contributed by atoms with Gasteiger partial charge in [0.25, 0.3) is 0 Å². The quantitative estimate of drug-likeness (QED) is 0.760. The smallest absolute Gasteiger partial charge is 0.185 e. The van der Waals surface area contributed by atoms with Gasteiger partial charge in [-0.15, -0.1) is 0 Å². The summed E-state index contributed by atoms with van der Waals surface area (Å²) in [6, 6.07) is 5.72. The number of nitrogens with zero attached hydrogens (tertiary/aromatic N) is 2. The van der Waals surface area contributed by atoms with Gasteiger partial charge in [-0.1, -0.05) is 6.07 Å². The van der Waals surface area contributed by atoms with Crippen LogP contribution in [-0.2, 0) is 4.79 Å². The third-order valence-corrected chi connectivity index (χ3v) is 2.93. The molecule has 2 rings (SSSR count). The molecule has 0 radical (unpaired) electrons. The van der Waals surface area contributed by atoms with Gasteiger partial charge in [0, 0.05) is 38.1 Å². The van der Waals surface area contributed by atoms with Gasteiger partial charge in [0.2, 0.25) is 0 Å². The van der Waals surface area contributed by atoms with Crippen molar-refractivity contribution in [3.05, 3.63) is 23.8 Å². The van der Waals surface area contributed by atoms with E-state index in [9.17, 15) is 9.90 Å². The lowest BCUT2D eigenvalue weighted by molar-refractivity contribution is -0.126. The number of aliphatic hydroxyl groups is 1. The van der Waals surface area contributed by atoms with Gasteiger partial charge < -0.3 is 14.9 Å². The molecule has 0 fully saturated rings. The number of carbonyl (C=O) groups excluding carboxylic acids is 1. The van der Waals surface area contributed by atoms with Gasteiger partial charge in [-0.05, 0) is 12.1 Å². The van der Waals surface area contributed by atoms with Crippen molar-refractivity contribution in [2.75, 3.05) is 37.5 Å². The van der Waals surface area contributed by atoms with Crippen molar-refractivity contribution in [1.82, 2.24) is 0 Å². The summed E-state index contributed by atoms with van der Waals surface area (Å²) in [6.45, 7) is 0.269. The predicted molar refractivity (Wildman–Crippen MR) is 64.0 cm³/mol. The molecule has 1 aliphatic rings. The summed E-state index contributed by atoms with van der Waals surface area (Å²) in [6.07, 6.45) is -0.970. The van der Waals surface area contributed by atoms with Crippen LogP contribution >= 0.6 is 0 Å². The van der Waals surface area contributed by atoms with E-state index in [1.165, 1.54) is 0 Å². The zero-order valence-corrected chi connectivity index (χ0v) is 9.77. The Labute approximate surface area is 95.1 Å². The number of aliphatic hydroxyl groups excluding tert-OH is 1. The van der Waals surface area contributed by atoms with Gasteiger partial charge in [0.15, 0.2) is 5.78 Å². The van der Waals surface area contributed by atoms with Crippen LogP contribution in [0, 0.1) is 0 Å². The van der Waals surface area contributed by atoms with Crippen LogP contribution in [0.5, 0.6) is 0 Å². The SMILES string of the molecule is CN(C)c1ccc2c(c1)N(C)CC(=O)C2O. The molecule has 0 amide bonds. The Balaban J connectivity index is 2.50. The zero-order chi connectivity index (χ0) is 11.9. The Morgan fingerprint density at radius 1 is 1.44 bits per heavy atom. The monoisotopic (exact) mass is 220 g/mol. The van der Waals surface area contributed by atoms with Crippen molar-refractivity contribution in [3.8, 4) is 0 Å². The highest BCUT2D eigenvalue weighted by atomic mass is 16.3. The molecule has 4 heteroatoms. The fraction of sp³-hybridized carbons (Fsp3) is 0.417. The average Bonchev–Trinajstić information content (AvgIpc) is 2.25. The topological polar surface area (TPSA) is 43.8 Å². The van der Waals surface area contributed by atoms with Crippen LogP contribution in [0.15, 0.2) is 18.2 Å². The van der Waals surface area contributed by atoms with E-state index < -0.39 is 6.10 Å². The maximum absolute atomic E-state index is 11.5. The highest BCUT2D eigenvalue weighted by Crippen LogP contribution is 2.33. The predicted octanol–water partition coefficient (Wildman–Crippen LogP) is 0.805. The first-order chi connectivity index (χ1) is 7.50. The van der Waals surface area contributed by atoms with Crippen LogP contribution in [-0.4, -0.2) is 38.6 Å². The summed E-state index contributed by atoms with van der Waals surface area (Å²) in [5.74, 6) is -0.146. The Kier molecular flexibility index (Phi) is 2.59. The van der Waals surface area contributed by atoms with Gasteiger partial charge in [0.1, 0.15) is 6.10 Å². The summed E-state index contributed by atoms with van der Waals surface area (Å²) < 4.78 is 0. The number of carbonyl (C=O) groups is 1. The Hall–Kier alpha value is -1.55. The van der Waals surface area contributed by atoms with E-state index in [0.29, 0.717) is 5.56 Å². The van der Waals surface area contributed by atoms with E-state index in [4.69, 9.17) is 0 Å². The molecule has 1 aromatic carbocycles. The van der Waals surface area contributed by atoms with Crippen molar-refractivity contribution in [2.24, 2.45) is 0 Å². The fourth-order valence-electron chi connectivity index (χ4n) is 1.95. The van der Waals surface area contributed by atoms with Crippen LogP contribution in [0.2, 0.25) is 0 Å². The van der Waals surface area contributed by atoms with Crippen molar-refractivity contribution in [2.45, 2.75) is 6.10 Å². The minimum absolute atomic E-state index is 0.146. The molecule has 1 aromatic rings. The van der Waals surface area contributed by atoms with Crippen molar-refractivity contribution in [1.29, 1.82) is 0 Å². The molecule has 1 N–H and O–H groups in total. The summed E-state index contributed by atoms with van der Waals surface area (Å²) in [5, 5.41) is 9.79. The molecular weight excluding hydrogens is 204 g/mol. The Morgan fingerprint density at radius 3 is 2.75 bits per heavy atom. The molecule has 0 saturated carbocycles. The minimum Gasteiger partial charge on any atom is -0.380 e. The van der Waals surface area contributed by atoms with Crippen LogP contribution in [0.3, 0.4) is 0 Å². The number of Topliss-reactive ketones (excluding diaryl/α,β-unsaturated/α-hetero) is 1. The average molecular weight is 220 g/mol. The van der Waals surface area contributed by atoms with E-state index in [1.54, 1.807) is 0 Å². The first-order valence-electron chi connectivity index (χ1n) is 5.24. The largest absolute Gasteiger partial charge is 0.380 e. The molecule has 1 aliphatic heterocycles. The molecule has 1 atom stereocenters. The minimum atomic E-state index is -0.970. The molecular formula is C12H16N2O2. The highest BCUT2D eigenvalue weighted by Gasteiger charge is 2.28. The second-order valence-corrected chi connectivity index (χ2v) is 4.36. The maximum atomic E-state index is 11.5.